The summed E-state index contributed by atoms with van der Waals surface area (Å²) in [6.07, 6.45) is 0.615. The molecule has 4 nitrogen and oxygen atoms in total. The molecule has 4 heteroatoms. The summed E-state index contributed by atoms with van der Waals surface area (Å²) in [5.74, 6) is 0. The smallest absolute Gasteiger partial charge is 0.207 e. The molecular formula is C5H12N2O2. The van der Waals surface area contributed by atoms with Crippen LogP contribution in [0.5, 0.6) is 0 Å². The maximum Gasteiger partial charge on any atom is 0.207 e. The first-order chi connectivity index (χ1) is 4.31. The van der Waals surface area contributed by atoms with Crippen LogP contribution in [0.4, 0.5) is 0 Å². The van der Waals surface area contributed by atoms with E-state index >= 15 is 0 Å². The normalized spacial score (nSPS) is 9.67. The molecule has 0 saturated carbocycles. The highest BCUT2D eigenvalue weighted by Crippen LogP contribution is 1.74. The van der Waals surface area contributed by atoms with Crippen LogP contribution in [-0.4, -0.2) is 36.3 Å². The number of carbonyl (C=O) groups excluding carboxylic acids is 1. The molecule has 2 N–H and O–H groups in total. The van der Waals surface area contributed by atoms with Crippen LogP contribution in [0, 0.1) is 0 Å². The molecule has 0 atom stereocenters. The Hall–Kier alpha value is -0.610. The van der Waals surface area contributed by atoms with Crippen molar-refractivity contribution >= 4 is 6.41 Å². The number of hydrogen-bond donors (Lipinski definition) is 2. The van der Waals surface area contributed by atoms with Gasteiger partial charge < -0.3 is 10.5 Å². The van der Waals surface area contributed by atoms with E-state index < -0.39 is 0 Å². The van der Waals surface area contributed by atoms with Gasteiger partial charge in [0.25, 0.3) is 0 Å². The van der Waals surface area contributed by atoms with E-state index in [-0.39, 0.29) is 0 Å². The van der Waals surface area contributed by atoms with Crippen molar-refractivity contribution in [1.82, 2.24) is 10.4 Å². The van der Waals surface area contributed by atoms with Gasteiger partial charge in [-0.1, -0.05) is 6.92 Å². The van der Waals surface area contributed by atoms with Crippen molar-refractivity contribution in [2.45, 2.75) is 6.92 Å². The summed E-state index contributed by atoms with van der Waals surface area (Å²) in [6, 6.07) is 0. The van der Waals surface area contributed by atoms with Gasteiger partial charge in [0.2, 0.25) is 6.41 Å². The van der Waals surface area contributed by atoms with Crippen LogP contribution < -0.4 is 5.32 Å². The minimum absolute atomic E-state index is 0.481. The highest BCUT2D eigenvalue weighted by molar-refractivity contribution is 5.45. The topological polar surface area (TPSA) is 52.6 Å². The third kappa shape index (κ3) is 5.26. The van der Waals surface area contributed by atoms with Crippen LogP contribution in [-0.2, 0) is 4.79 Å². The van der Waals surface area contributed by atoms with Gasteiger partial charge in [-0.3, -0.25) is 4.79 Å². The second kappa shape index (κ2) is 5.53. The first kappa shape index (κ1) is 8.39. The SMILES string of the molecule is CCN(O)CCNC=O. The lowest BCUT2D eigenvalue weighted by molar-refractivity contribution is -0.111. The van der Waals surface area contributed by atoms with E-state index in [1.54, 1.807) is 0 Å². The van der Waals surface area contributed by atoms with Gasteiger partial charge in [0, 0.05) is 19.6 Å². The van der Waals surface area contributed by atoms with E-state index in [4.69, 9.17) is 5.21 Å². The number of hydrogen-bond acceptors (Lipinski definition) is 3. The van der Waals surface area contributed by atoms with Gasteiger partial charge in [-0.05, 0) is 0 Å². The minimum Gasteiger partial charge on any atom is -0.357 e. The molecule has 0 aliphatic rings. The molecule has 0 aliphatic heterocycles. The standard InChI is InChI=1S/C5H12N2O2/c1-2-7(9)4-3-6-5-8/h5,9H,2-4H2,1H3,(H,6,8). The van der Waals surface area contributed by atoms with Crippen LogP contribution in [0.1, 0.15) is 6.92 Å². The molecule has 1 amide bonds. The van der Waals surface area contributed by atoms with Crippen molar-refractivity contribution in [2.75, 3.05) is 19.6 Å². The molecule has 0 heterocycles. The number of nitrogens with zero attached hydrogens (tertiary/aromatic N) is 1. The van der Waals surface area contributed by atoms with Crippen molar-refractivity contribution in [2.24, 2.45) is 0 Å². The molecule has 0 aromatic heterocycles. The summed E-state index contributed by atoms with van der Waals surface area (Å²) in [5, 5.41) is 12.3. The van der Waals surface area contributed by atoms with Crippen LogP contribution in [0.3, 0.4) is 0 Å². The summed E-state index contributed by atoms with van der Waals surface area (Å²) >= 11 is 0. The zero-order valence-corrected chi connectivity index (χ0v) is 5.50. The van der Waals surface area contributed by atoms with Crippen LogP contribution in [0.15, 0.2) is 0 Å². The number of hydroxylamine groups is 2. The molecule has 0 bridgehead atoms. The van der Waals surface area contributed by atoms with Gasteiger partial charge in [-0.15, -0.1) is 0 Å². The van der Waals surface area contributed by atoms with Gasteiger partial charge in [-0.25, -0.2) is 0 Å². The maximum absolute atomic E-state index is 9.66. The lowest BCUT2D eigenvalue weighted by Crippen LogP contribution is -2.28. The van der Waals surface area contributed by atoms with Crippen molar-refractivity contribution in [3.05, 3.63) is 0 Å². The number of rotatable bonds is 5. The Labute approximate surface area is 54.4 Å². The van der Waals surface area contributed by atoms with Gasteiger partial charge in [-0.2, -0.15) is 5.06 Å². The minimum atomic E-state index is 0.481. The fourth-order valence-electron chi connectivity index (χ4n) is 0.411. The Morgan fingerprint density at radius 3 is 2.89 bits per heavy atom. The molecule has 0 radical (unpaired) electrons. The van der Waals surface area contributed by atoms with Crippen molar-refractivity contribution < 1.29 is 10.0 Å². The molecule has 9 heavy (non-hydrogen) atoms. The van der Waals surface area contributed by atoms with Crippen LogP contribution in [0.25, 0.3) is 0 Å². The zero-order chi connectivity index (χ0) is 7.11. The Balaban J connectivity index is 2.96. The second-order valence-electron chi connectivity index (χ2n) is 1.62. The van der Waals surface area contributed by atoms with E-state index in [1.165, 1.54) is 0 Å². The second-order valence-corrected chi connectivity index (χ2v) is 1.62. The number of likely N-dealkylation sites (N-methyl/N-ethyl adjacent to an activating group) is 1. The Morgan fingerprint density at radius 1 is 1.78 bits per heavy atom. The first-order valence-electron chi connectivity index (χ1n) is 2.92. The maximum atomic E-state index is 9.66. The van der Waals surface area contributed by atoms with E-state index in [0.29, 0.717) is 26.0 Å². The zero-order valence-electron chi connectivity index (χ0n) is 5.50. The predicted octanol–water partition coefficient (Wildman–Crippen LogP) is -0.556. The number of nitrogens with one attached hydrogen (secondary N) is 1. The average Bonchev–Trinajstić information content (AvgIpc) is 1.89. The van der Waals surface area contributed by atoms with E-state index in [9.17, 15) is 4.79 Å². The number of amides is 1. The Kier molecular flexibility index (Phi) is 5.15. The lowest BCUT2D eigenvalue weighted by Gasteiger charge is -2.09. The fourth-order valence-corrected chi connectivity index (χ4v) is 0.411. The molecule has 0 spiro atoms. The first-order valence-corrected chi connectivity index (χ1v) is 2.92. The monoisotopic (exact) mass is 132 g/mol. The molecule has 0 aliphatic carbocycles. The quantitative estimate of drug-likeness (QED) is 0.299. The molecule has 0 unspecified atom stereocenters. The van der Waals surface area contributed by atoms with Gasteiger partial charge in [0.1, 0.15) is 0 Å². The fraction of sp³-hybridized carbons (Fsp3) is 0.800. The Bertz CT molecular complexity index is 77.4. The summed E-state index contributed by atoms with van der Waals surface area (Å²) in [5.41, 5.74) is 0. The molecule has 0 rings (SSSR count). The molecule has 54 valence electrons. The summed E-state index contributed by atoms with van der Waals surface area (Å²) < 4.78 is 0. The van der Waals surface area contributed by atoms with Gasteiger partial charge >= 0.3 is 0 Å². The molecule has 0 aromatic rings. The lowest BCUT2D eigenvalue weighted by atomic mass is 10.6. The van der Waals surface area contributed by atoms with E-state index in [2.05, 4.69) is 5.32 Å². The van der Waals surface area contributed by atoms with Crippen molar-refractivity contribution in [1.29, 1.82) is 0 Å². The average molecular weight is 132 g/mol. The third-order valence-corrected chi connectivity index (χ3v) is 0.963. The van der Waals surface area contributed by atoms with Crippen molar-refractivity contribution in [3.8, 4) is 0 Å². The Morgan fingerprint density at radius 2 is 2.44 bits per heavy atom. The van der Waals surface area contributed by atoms with Crippen molar-refractivity contribution in [3.63, 3.8) is 0 Å². The highest BCUT2D eigenvalue weighted by atomic mass is 16.5. The van der Waals surface area contributed by atoms with E-state index in [0.717, 1.165) is 5.06 Å². The third-order valence-electron chi connectivity index (χ3n) is 0.963. The highest BCUT2D eigenvalue weighted by Gasteiger charge is 1.92. The summed E-state index contributed by atoms with van der Waals surface area (Å²) in [7, 11) is 0. The molecule has 0 aromatic carbocycles. The van der Waals surface area contributed by atoms with E-state index in [1.807, 2.05) is 6.92 Å². The van der Waals surface area contributed by atoms with Crippen LogP contribution in [0.2, 0.25) is 0 Å². The largest absolute Gasteiger partial charge is 0.357 e. The number of carbonyl (C=O) groups is 1. The molecule has 0 fully saturated rings. The molecular weight excluding hydrogens is 120 g/mol. The van der Waals surface area contributed by atoms with Gasteiger partial charge in [0.15, 0.2) is 0 Å². The van der Waals surface area contributed by atoms with Crippen LogP contribution >= 0.6 is 0 Å². The summed E-state index contributed by atoms with van der Waals surface area (Å²) in [4.78, 5) is 9.66. The predicted molar refractivity (Wildman–Crippen MR) is 33.1 cm³/mol. The van der Waals surface area contributed by atoms with Gasteiger partial charge in [0.05, 0.1) is 0 Å². The molecule has 0 saturated heterocycles. The summed E-state index contributed by atoms with van der Waals surface area (Å²) in [6.45, 7) is 3.39.